The molecule has 0 aromatic rings. The first kappa shape index (κ1) is 59.9. The highest BCUT2D eigenvalue weighted by Crippen LogP contribution is 2.43. The van der Waals surface area contributed by atoms with Gasteiger partial charge in [0.1, 0.15) is 6.61 Å². The summed E-state index contributed by atoms with van der Waals surface area (Å²) in [5.74, 6) is -1.15. The van der Waals surface area contributed by atoms with Gasteiger partial charge in [-0.25, -0.2) is 4.57 Å². The van der Waals surface area contributed by atoms with Gasteiger partial charge in [-0.15, -0.1) is 0 Å². The fourth-order valence-corrected chi connectivity index (χ4v) is 7.55. The average molecular weight is 900 g/mol. The first-order chi connectivity index (χ1) is 30.0. The van der Waals surface area contributed by atoms with Crippen LogP contribution in [0.25, 0.3) is 0 Å². The lowest BCUT2D eigenvalue weighted by Gasteiger charge is -2.20. The van der Waals surface area contributed by atoms with E-state index in [9.17, 15) is 34.4 Å². The highest BCUT2D eigenvalue weighted by molar-refractivity contribution is 7.47. The Bertz CT molecular complexity index is 1210. The number of hydrogen-bond acceptors (Lipinski definition) is 11. The van der Waals surface area contributed by atoms with Gasteiger partial charge < -0.3 is 35.4 Å². The van der Waals surface area contributed by atoms with Crippen molar-refractivity contribution in [3.8, 4) is 0 Å². The first-order valence-corrected chi connectivity index (χ1v) is 25.9. The maximum atomic E-state index is 12.6. The van der Waals surface area contributed by atoms with Crippen molar-refractivity contribution in [2.24, 2.45) is 5.73 Å². The maximum Gasteiger partial charge on any atom is 0.472 e. The van der Waals surface area contributed by atoms with Crippen LogP contribution in [0.1, 0.15) is 200 Å². The molecule has 1 unspecified atom stereocenters. The molecule has 0 aliphatic carbocycles. The fourth-order valence-electron chi connectivity index (χ4n) is 6.78. The highest BCUT2D eigenvalue weighted by Gasteiger charge is 2.26. The summed E-state index contributed by atoms with van der Waals surface area (Å²) in [4.78, 5) is 35.0. The van der Waals surface area contributed by atoms with Crippen LogP contribution in [0.15, 0.2) is 48.6 Å². The molecular formula is C49H90NO11P. The maximum absolute atomic E-state index is 12.6. The van der Waals surface area contributed by atoms with E-state index in [4.69, 9.17) is 24.3 Å². The summed E-state index contributed by atoms with van der Waals surface area (Å²) in [6, 6.07) is 0. The molecule has 13 heteroatoms. The molecule has 0 aliphatic heterocycles. The number of aliphatic hydroxyl groups excluding tert-OH is 3. The molecule has 0 spiro atoms. The molecule has 0 heterocycles. The molecule has 0 saturated heterocycles. The normalized spacial score (nSPS) is 15.1. The van der Waals surface area contributed by atoms with Crippen LogP contribution in [-0.2, 0) is 32.7 Å². The molecule has 0 rings (SSSR count). The highest BCUT2D eigenvalue weighted by atomic mass is 31.2. The zero-order chi connectivity index (χ0) is 45.8. The molecule has 0 fully saturated rings. The quantitative estimate of drug-likeness (QED) is 0.0168. The van der Waals surface area contributed by atoms with Crippen molar-refractivity contribution in [2.45, 2.75) is 224 Å². The number of hydrogen-bond donors (Lipinski definition) is 5. The van der Waals surface area contributed by atoms with E-state index in [-0.39, 0.29) is 45.4 Å². The Balaban J connectivity index is 4.33. The summed E-state index contributed by atoms with van der Waals surface area (Å²) in [5, 5.41) is 30.5. The van der Waals surface area contributed by atoms with Gasteiger partial charge in [0.25, 0.3) is 0 Å². The Kier molecular flexibility index (Phi) is 42.5. The molecule has 0 amide bonds. The lowest BCUT2D eigenvalue weighted by molar-refractivity contribution is -0.161. The van der Waals surface area contributed by atoms with Crippen LogP contribution in [-0.4, -0.2) is 82.9 Å². The predicted molar refractivity (Wildman–Crippen MR) is 251 cm³/mol. The number of aliphatic hydroxyl groups is 3. The number of carbonyl (C=O) groups excluding carboxylic acids is 2. The third-order valence-electron chi connectivity index (χ3n) is 10.6. The van der Waals surface area contributed by atoms with Gasteiger partial charge in [0, 0.05) is 19.4 Å². The third kappa shape index (κ3) is 41.8. The van der Waals surface area contributed by atoms with E-state index in [1.54, 1.807) is 42.5 Å². The minimum absolute atomic E-state index is 0.00251. The molecule has 0 aliphatic rings. The van der Waals surface area contributed by atoms with Crippen LogP contribution in [0.2, 0.25) is 0 Å². The number of phosphoric ester groups is 1. The number of nitrogens with two attached hydrogens (primary N) is 1. The Morgan fingerprint density at radius 1 is 0.548 bits per heavy atom. The second-order valence-electron chi connectivity index (χ2n) is 16.6. The standard InChI is InChI=1S/C49H90NO11P/c1-3-5-7-8-9-10-11-12-13-14-15-16-17-18-19-20-21-22-23-28-32-38-48(54)58-42-45(43-60-62(56,57)59-41-40-50)61-49(55)39-33-37-47(53)46(52)36-31-27-25-24-26-30-35-44(51)34-29-6-4-2/h24-27,30-31,35-36,44-47,51-53H,3-23,28-29,32-34,37-43,50H2,1-2H3,(H,56,57)/b26-24-,27-25+,35-30+,36-31+/t44-,45+,46-,47-/m0/s1. The largest absolute Gasteiger partial charge is 0.472 e. The van der Waals surface area contributed by atoms with Crippen molar-refractivity contribution in [1.29, 1.82) is 0 Å². The van der Waals surface area contributed by atoms with Crippen LogP contribution >= 0.6 is 7.82 Å². The Labute approximate surface area is 376 Å². The minimum Gasteiger partial charge on any atom is -0.462 e. The van der Waals surface area contributed by atoms with Gasteiger partial charge in [0.2, 0.25) is 0 Å². The van der Waals surface area contributed by atoms with Crippen molar-refractivity contribution in [2.75, 3.05) is 26.4 Å². The van der Waals surface area contributed by atoms with Crippen LogP contribution in [0, 0.1) is 0 Å². The lowest BCUT2D eigenvalue weighted by Crippen LogP contribution is -2.30. The molecule has 12 nitrogen and oxygen atoms in total. The second kappa shape index (κ2) is 44.1. The van der Waals surface area contributed by atoms with Crippen LogP contribution in [0.3, 0.4) is 0 Å². The number of rotatable bonds is 45. The van der Waals surface area contributed by atoms with Gasteiger partial charge in [-0.2, -0.15) is 0 Å². The van der Waals surface area contributed by atoms with E-state index < -0.39 is 50.8 Å². The van der Waals surface area contributed by atoms with Crippen molar-refractivity contribution in [3.63, 3.8) is 0 Å². The number of ether oxygens (including phenoxy) is 2. The van der Waals surface area contributed by atoms with E-state index in [1.165, 1.54) is 115 Å². The number of esters is 2. The molecule has 5 atom stereocenters. The third-order valence-corrected chi connectivity index (χ3v) is 11.6. The van der Waals surface area contributed by atoms with Gasteiger partial charge >= 0.3 is 19.8 Å². The molecule has 362 valence electrons. The average Bonchev–Trinajstić information content (AvgIpc) is 3.25. The number of unbranched alkanes of at least 4 members (excludes halogenated alkanes) is 22. The summed E-state index contributed by atoms with van der Waals surface area (Å²) in [6.45, 7) is 3.25. The summed E-state index contributed by atoms with van der Waals surface area (Å²) in [5.41, 5.74) is 5.34. The van der Waals surface area contributed by atoms with E-state index >= 15 is 0 Å². The molecule has 0 bridgehead atoms. The van der Waals surface area contributed by atoms with E-state index in [1.807, 2.05) is 0 Å². The molecule has 0 aromatic heterocycles. The SMILES string of the molecule is CCCCCCCCCCCCCCCCCCCCCCCC(=O)OC[C@H](COP(=O)(O)OCCN)OC(=O)CCC[C@H](O)[C@@H](O)/C=C/C=C/C=C\C=C\[C@@H](O)CCCCC. The zero-order valence-electron chi connectivity index (χ0n) is 38.9. The smallest absolute Gasteiger partial charge is 0.462 e. The Hall–Kier alpha value is -2.15. The van der Waals surface area contributed by atoms with Crippen LogP contribution in [0.4, 0.5) is 0 Å². The molecule has 0 radical (unpaired) electrons. The Morgan fingerprint density at radius 2 is 1.00 bits per heavy atom. The molecule has 62 heavy (non-hydrogen) atoms. The molecule has 6 N–H and O–H groups in total. The zero-order valence-corrected chi connectivity index (χ0v) is 39.8. The molecule has 0 saturated carbocycles. The summed E-state index contributed by atoms with van der Waals surface area (Å²) in [7, 11) is -4.48. The predicted octanol–water partition coefficient (Wildman–Crippen LogP) is 11.2. The molecular weight excluding hydrogens is 810 g/mol. The number of allylic oxidation sites excluding steroid dienone is 6. The van der Waals surface area contributed by atoms with Gasteiger partial charge in [-0.05, 0) is 25.7 Å². The number of phosphoric acid groups is 1. The molecule has 0 aromatic carbocycles. The van der Waals surface area contributed by atoms with E-state index in [2.05, 4.69) is 13.8 Å². The summed E-state index contributed by atoms with van der Waals surface area (Å²) < 4.78 is 32.6. The van der Waals surface area contributed by atoms with E-state index in [0.29, 0.717) is 6.42 Å². The minimum atomic E-state index is -4.48. The fraction of sp³-hybridized carbons (Fsp3) is 0.796. The van der Waals surface area contributed by atoms with Crippen LogP contribution in [0.5, 0.6) is 0 Å². The number of carbonyl (C=O) groups is 2. The van der Waals surface area contributed by atoms with Crippen molar-refractivity contribution in [3.05, 3.63) is 48.6 Å². The second-order valence-corrected chi connectivity index (χ2v) is 18.0. The lowest BCUT2D eigenvalue weighted by atomic mass is 10.0. The van der Waals surface area contributed by atoms with Crippen molar-refractivity contribution < 1.29 is 52.9 Å². The van der Waals surface area contributed by atoms with Gasteiger partial charge in [-0.1, -0.05) is 210 Å². The van der Waals surface area contributed by atoms with Gasteiger partial charge in [0.05, 0.1) is 31.5 Å². The van der Waals surface area contributed by atoms with Crippen molar-refractivity contribution in [1.82, 2.24) is 0 Å². The van der Waals surface area contributed by atoms with Crippen molar-refractivity contribution >= 4 is 19.8 Å². The van der Waals surface area contributed by atoms with E-state index in [0.717, 1.165) is 44.9 Å². The van der Waals surface area contributed by atoms with Gasteiger partial charge in [0.15, 0.2) is 6.10 Å². The summed E-state index contributed by atoms with van der Waals surface area (Å²) in [6.07, 6.45) is 40.8. The van der Waals surface area contributed by atoms with Gasteiger partial charge in [-0.3, -0.25) is 18.6 Å². The monoisotopic (exact) mass is 900 g/mol. The topological polar surface area (TPSA) is 195 Å². The summed E-state index contributed by atoms with van der Waals surface area (Å²) >= 11 is 0. The Morgan fingerprint density at radius 3 is 1.52 bits per heavy atom. The first-order valence-electron chi connectivity index (χ1n) is 24.4. The van der Waals surface area contributed by atoms with Crippen LogP contribution < -0.4 is 5.73 Å².